The van der Waals surface area contributed by atoms with Gasteiger partial charge in [0.2, 0.25) is 6.33 Å². The third kappa shape index (κ3) is 2.57. The van der Waals surface area contributed by atoms with Crippen LogP contribution in [0.15, 0.2) is 30.7 Å². The summed E-state index contributed by atoms with van der Waals surface area (Å²) in [7, 11) is 1.79. The van der Waals surface area contributed by atoms with Crippen molar-refractivity contribution in [2.75, 3.05) is 12.4 Å². The van der Waals surface area contributed by atoms with Gasteiger partial charge in [0.15, 0.2) is 0 Å². The summed E-state index contributed by atoms with van der Waals surface area (Å²) < 4.78 is 1.62. The van der Waals surface area contributed by atoms with E-state index in [0.717, 1.165) is 11.5 Å². The van der Waals surface area contributed by atoms with Crippen molar-refractivity contribution in [3.05, 3.63) is 46.5 Å². The van der Waals surface area contributed by atoms with Crippen molar-refractivity contribution in [2.24, 2.45) is 0 Å². The molecule has 0 unspecified atom stereocenters. The van der Waals surface area contributed by atoms with E-state index in [-0.39, 0.29) is 5.82 Å². The molecule has 0 fully saturated rings. The standard InChI is InChI=1S/C10H11N5O2/c1-11-9-4-2-3-8(13-9)5-14-6-10(12-7-14)15(16)17/h2-4,6-7H,5H2,1H3,(H,11,13). The van der Waals surface area contributed by atoms with Gasteiger partial charge in [0.05, 0.1) is 12.2 Å². The van der Waals surface area contributed by atoms with Crippen LogP contribution in [0.2, 0.25) is 0 Å². The summed E-state index contributed by atoms with van der Waals surface area (Å²) in [5, 5.41) is 13.4. The average Bonchev–Trinajstić information content (AvgIpc) is 2.78. The van der Waals surface area contributed by atoms with E-state index in [1.54, 1.807) is 11.6 Å². The van der Waals surface area contributed by atoms with Crippen molar-refractivity contribution in [3.63, 3.8) is 0 Å². The zero-order valence-corrected chi connectivity index (χ0v) is 9.20. The molecule has 0 aliphatic rings. The maximum atomic E-state index is 10.5. The molecule has 88 valence electrons. The van der Waals surface area contributed by atoms with Crippen LogP contribution in [0.25, 0.3) is 0 Å². The molecule has 7 heteroatoms. The molecular formula is C10H11N5O2. The third-order valence-corrected chi connectivity index (χ3v) is 2.21. The summed E-state index contributed by atoms with van der Waals surface area (Å²) >= 11 is 0. The maximum absolute atomic E-state index is 10.5. The second-order valence-electron chi connectivity index (χ2n) is 3.43. The Bertz CT molecular complexity index is 537. The lowest BCUT2D eigenvalue weighted by molar-refractivity contribution is -0.389. The van der Waals surface area contributed by atoms with E-state index in [1.165, 1.54) is 12.5 Å². The van der Waals surface area contributed by atoms with E-state index in [1.807, 2.05) is 18.2 Å². The fourth-order valence-corrected chi connectivity index (χ4v) is 1.42. The smallest absolute Gasteiger partial charge is 0.373 e. The molecule has 2 heterocycles. The summed E-state index contributed by atoms with van der Waals surface area (Å²) in [6, 6.07) is 5.58. The van der Waals surface area contributed by atoms with Crippen LogP contribution in [0.5, 0.6) is 0 Å². The molecule has 1 N–H and O–H groups in total. The largest absolute Gasteiger partial charge is 0.381 e. The Kier molecular flexibility index (Phi) is 2.99. The summed E-state index contributed by atoms with van der Waals surface area (Å²) in [5.41, 5.74) is 0.809. The molecule has 0 bridgehead atoms. The fraction of sp³-hybridized carbons (Fsp3) is 0.200. The van der Waals surface area contributed by atoms with Crippen LogP contribution in [0.4, 0.5) is 11.6 Å². The van der Waals surface area contributed by atoms with Crippen molar-refractivity contribution in [2.45, 2.75) is 6.54 Å². The number of hydrogen-bond acceptors (Lipinski definition) is 5. The lowest BCUT2D eigenvalue weighted by atomic mass is 10.3. The molecule has 0 aromatic carbocycles. The zero-order valence-electron chi connectivity index (χ0n) is 9.20. The maximum Gasteiger partial charge on any atom is 0.381 e. The van der Waals surface area contributed by atoms with Crippen LogP contribution in [0.1, 0.15) is 5.69 Å². The van der Waals surface area contributed by atoms with Crippen molar-refractivity contribution in [1.29, 1.82) is 0 Å². The number of nitrogens with one attached hydrogen (secondary N) is 1. The molecule has 2 rings (SSSR count). The minimum Gasteiger partial charge on any atom is -0.373 e. The monoisotopic (exact) mass is 233 g/mol. The van der Waals surface area contributed by atoms with Gasteiger partial charge in [0, 0.05) is 7.05 Å². The van der Waals surface area contributed by atoms with E-state index in [2.05, 4.69) is 15.3 Å². The summed E-state index contributed by atoms with van der Waals surface area (Å²) in [5.74, 6) is 0.604. The first-order valence-corrected chi connectivity index (χ1v) is 4.99. The minimum atomic E-state index is -0.520. The second kappa shape index (κ2) is 4.60. The quantitative estimate of drug-likeness (QED) is 0.635. The van der Waals surface area contributed by atoms with Crippen LogP contribution in [0, 0.1) is 10.1 Å². The van der Waals surface area contributed by atoms with E-state index in [9.17, 15) is 10.1 Å². The SMILES string of the molecule is CNc1cccc(Cn2cnc([N+](=O)[O-])c2)n1. The Hall–Kier alpha value is -2.44. The lowest BCUT2D eigenvalue weighted by Gasteiger charge is -2.03. The van der Waals surface area contributed by atoms with Gasteiger partial charge < -0.3 is 20.0 Å². The topological polar surface area (TPSA) is 85.9 Å². The highest BCUT2D eigenvalue weighted by Crippen LogP contribution is 2.09. The van der Waals surface area contributed by atoms with E-state index < -0.39 is 4.92 Å². The Morgan fingerprint density at radius 1 is 1.53 bits per heavy atom. The van der Waals surface area contributed by atoms with Crippen LogP contribution in [0.3, 0.4) is 0 Å². The predicted molar refractivity (Wildman–Crippen MR) is 61.8 cm³/mol. The van der Waals surface area contributed by atoms with Gasteiger partial charge in [-0.3, -0.25) is 0 Å². The van der Waals surface area contributed by atoms with Gasteiger partial charge in [0.25, 0.3) is 0 Å². The number of imidazole rings is 1. The van der Waals surface area contributed by atoms with E-state index >= 15 is 0 Å². The van der Waals surface area contributed by atoms with Crippen LogP contribution >= 0.6 is 0 Å². The highest BCUT2D eigenvalue weighted by Gasteiger charge is 2.10. The second-order valence-corrected chi connectivity index (χ2v) is 3.43. The molecule has 0 atom stereocenters. The first kappa shape index (κ1) is 11.1. The predicted octanol–water partition coefficient (Wildman–Crippen LogP) is 1.28. The highest BCUT2D eigenvalue weighted by atomic mass is 16.6. The number of anilines is 1. The molecule has 0 spiro atoms. The van der Waals surface area contributed by atoms with E-state index in [0.29, 0.717) is 6.54 Å². The fourth-order valence-electron chi connectivity index (χ4n) is 1.42. The number of pyridine rings is 1. The molecule has 0 saturated carbocycles. The zero-order chi connectivity index (χ0) is 12.3. The number of aromatic nitrogens is 3. The molecular weight excluding hydrogens is 222 g/mol. The third-order valence-electron chi connectivity index (χ3n) is 2.21. The summed E-state index contributed by atoms with van der Waals surface area (Å²) in [6.07, 6.45) is 2.81. The van der Waals surface area contributed by atoms with Gasteiger partial charge in [-0.15, -0.1) is 0 Å². The molecule has 2 aromatic heterocycles. The van der Waals surface area contributed by atoms with Crippen LogP contribution in [-0.4, -0.2) is 26.5 Å². The molecule has 0 radical (unpaired) electrons. The van der Waals surface area contributed by atoms with Gasteiger partial charge in [-0.25, -0.2) is 4.98 Å². The van der Waals surface area contributed by atoms with Gasteiger partial charge >= 0.3 is 5.82 Å². The van der Waals surface area contributed by atoms with Gasteiger partial charge in [0.1, 0.15) is 12.0 Å². The molecule has 17 heavy (non-hydrogen) atoms. The minimum absolute atomic E-state index is 0.158. The first-order chi connectivity index (χ1) is 8.19. The average molecular weight is 233 g/mol. The molecule has 0 amide bonds. The lowest BCUT2D eigenvalue weighted by Crippen LogP contribution is -2.01. The molecule has 0 aliphatic heterocycles. The van der Waals surface area contributed by atoms with Crippen molar-refractivity contribution < 1.29 is 4.92 Å². The number of rotatable bonds is 4. The van der Waals surface area contributed by atoms with Gasteiger partial charge in [-0.1, -0.05) is 6.07 Å². The van der Waals surface area contributed by atoms with E-state index in [4.69, 9.17) is 0 Å². The molecule has 7 nitrogen and oxygen atoms in total. The van der Waals surface area contributed by atoms with Crippen LogP contribution in [-0.2, 0) is 6.54 Å². The number of hydrogen-bond donors (Lipinski definition) is 1. The number of nitro groups is 1. The molecule has 2 aromatic rings. The summed E-state index contributed by atoms with van der Waals surface area (Å²) in [4.78, 5) is 17.9. The Balaban J connectivity index is 2.16. The molecule has 0 aliphatic carbocycles. The summed E-state index contributed by atoms with van der Waals surface area (Å²) in [6.45, 7) is 0.455. The Morgan fingerprint density at radius 3 is 3.00 bits per heavy atom. The van der Waals surface area contributed by atoms with Gasteiger partial charge in [-0.2, -0.15) is 0 Å². The Morgan fingerprint density at radius 2 is 2.35 bits per heavy atom. The Labute approximate surface area is 97.3 Å². The van der Waals surface area contributed by atoms with Crippen LogP contribution < -0.4 is 5.32 Å². The normalized spacial score (nSPS) is 10.2. The molecule has 0 saturated heterocycles. The highest BCUT2D eigenvalue weighted by molar-refractivity contribution is 5.34. The van der Waals surface area contributed by atoms with Crippen molar-refractivity contribution >= 4 is 11.6 Å². The van der Waals surface area contributed by atoms with Gasteiger partial charge in [-0.05, 0) is 22.0 Å². The number of nitrogens with zero attached hydrogens (tertiary/aromatic N) is 4. The first-order valence-electron chi connectivity index (χ1n) is 4.99. The van der Waals surface area contributed by atoms with Crippen molar-refractivity contribution in [3.8, 4) is 0 Å². The van der Waals surface area contributed by atoms with Crippen molar-refractivity contribution in [1.82, 2.24) is 14.5 Å².